The predicted molar refractivity (Wildman–Crippen MR) is 112 cm³/mol. The zero-order chi connectivity index (χ0) is 22.2. The number of hydrogen-bond donors (Lipinski definition) is 3. The minimum atomic E-state index is -4.54. The summed E-state index contributed by atoms with van der Waals surface area (Å²) in [4.78, 5) is 17.3. The van der Waals surface area contributed by atoms with Crippen molar-refractivity contribution < 1.29 is 23.1 Å². The number of hydrogen-bond acceptors (Lipinski definition) is 4. The lowest BCUT2D eigenvalue weighted by Gasteiger charge is -2.29. The Bertz CT molecular complexity index is 1100. The Labute approximate surface area is 176 Å². The minimum Gasteiger partial charge on any atom is -0.399 e. The van der Waals surface area contributed by atoms with Crippen molar-refractivity contribution in [3.05, 3.63) is 53.6 Å². The van der Waals surface area contributed by atoms with E-state index in [0.717, 1.165) is 43.3 Å². The van der Waals surface area contributed by atoms with Crippen LogP contribution in [0.5, 0.6) is 0 Å². The molecule has 1 aliphatic rings. The van der Waals surface area contributed by atoms with Gasteiger partial charge in [-0.05, 0) is 68.0 Å². The summed E-state index contributed by atoms with van der Waals surface area (Å²) in [6.45, 7) is 0.146. The Morgan fingerprint density at radius 1 is 1.16 bits per heavy atom. The van der Waals surface area contributed by atoms with Crippen LogP contribution in [0.15, 0.2) is 42.5 Å². The first-order chi connectivity index (χ1) is 14.8. The number of aliphatic hydroxyl groups excluding tert-OH is 1. The summed E-state index contributed by atoms with van der Waals surface area (Å²) in [7, 11) is 0. The highest BCUT2D eigenvalue weighted by molar-refractivity contribution is 6.04. The van der Waals surface area contributed by atoms with Crippen LogP contribution < -0.4 is 11.1 Å². The molecule has 1 saturated carbocycles. The highest BCUT2D eigenvalue weighted by Gasteiger charge is 2.31. The first-order valence-corrected chi connectivity index (χ1v) is 10.1. The zero-order valence-electron chi connectivity index (χ0n) is 16.7. The number of aromatic nitrogens is 2. The molecule has 2 aromatic carbocycles. The number of fused-ring (bicyclic) bond motifs is 1. The maximum atomic E-state index is 13.0. The van der Waals surface area contributed by atoms with E-state index in [9.17, 15) is 23.1 Å². The van der Waals surface area contributed by atoms with Crippen molar-refractivity contribution in [1.82, 2.24) is 9.55 Å². The molecule has 4 N–H and O–H groups in total. The Hall–Kier alpha value is -3.07. The molecule has 0 atom stereocenters. The Morgan fingerprint density at radius 3 is 2.58 bits per heavy atom. The summed E-state index contributed by atoms with van der Waals surface area (Å²) in [6.07, 6.45) is -1.25. The van der Waals surface area contributed by atoms with Gasteiger partial charge in [0.25, 0.3) is 5.91 Å². The molecule has 3 aromatic rings. The van der Waals surface area contributed by atoms with E-state index in [2.05, 4.69) is 10.3 Å². The van der Waals surface area contributed by atoms with Crippen molar-refractivity contribution in [1.29, 1.82) is 0 Å². The van der Waals surface area contributed by atoms with E-state index in [4.69, 9.17) is 5.73 Å². The third-order valence-electron chi connectivity index (χ3n) is 5.83. The quantitative estimate of drug-likeness (QED) is 0.525. The molecule has 6 nitrogen and oxygen atoms in total. The highest BCUT2D eigenvalue weighted by atomic mass is 19.4. The summed E-state index contributed by atoms with van der Waals surface area (Å²) in [6, 6.07) is 9.62. The molecule has 0 aliphatic heterocycles. The molecule has 1 aliphatic carbocycles. The van der Waals surface area contributed by atoms with E-state index < -0.39 is 17.6 Å². The van der Waals surface area contributed by atoms with E-state index >= 15 is 0 Å². The van der Waals surface area contributed by atoms with Crippen molar-refractivity contribution in [2.24, 2.45) is 5.92 Å². The summed E-state index contributed by atoms with van der Waals surface area (Å²) in [5, 5.41) is 12.1. The first-order valence-electron chi connectivity index (χ1n) is 10.1. The van der Waals surface area contributed by atoms with Crippen LogP contribution in [-0.2, 0) is 6.18 Å². The molecule has 0 spiro atoms. The number of imidazole rings is 1. The van der Waals surface area contributed by atoms with E-state index in [1.807, 2.05) is 10.6 Å². The van der Waals surface area contributed by atoms with Crippen LogP contribution in [0.25, 0.3) is 11.0 Å². The number of benzene rings is 2. The number of rotatable bonds is 4. The molecule has 1 aromatic heterocycles. The van der Waals surface area contributed by atoms with Gasteiger partial charge in [0, 0.05) is 23.9 Å². The second-order valence-electron chi connectivity index (χ2n) is 7.94. The second-order valence-corrected chi connectivity index (χ2v) is 7.94. The van der Waals surface area contributed by atoms with Crippen LogP contribution in [0.4, 0.5) is 24.8 Å². The van der Waals surface area contributed by atoms with Gasteiger partial charge in [-0.2, -0.15) is 13.2 Å². The van der Waals surface area contributed by atoms with E-state index in [0.29, 0.717) is 11.2 Å². The summed E-state index contributed by atoms with van der Waals surface area (Å²) < 4.78 is 41.0. The normalized spacial score (nSPS) is 19.5. The lowest BCUT2D eigenvalue weighted by atomic mass is 9.86. The van der Waals surface area contributed by atoms with Crippen LogP contribution in [0, 0.1) is 5.92 Å². The van der Waals surface area contributed by atoms with Gasteiger partial charge in [-0.3, -0.25) is 10.1 Å². The van der Waals surface area contributed by atoms with E-state index in [1.165, 1.54) is 12.1 Å². The molecule has 0 saturated heterocycles. The van der Waals surface area contributed by atoms with Gasteiger partial charge in [-0.1, -0.05) is 6.07 Å². The molecule has 31 heavy (non-hydrogen) atoms. The number of aliphatic hydroxyl groups is 1. The minimum absolute atomic E-state index is 0.0493. The summed E-state index contributed by atoms with van der Waals surface area (Å²) in [5.41, 5.74) is 6.81. The van der Waals surface area contributed by atoms with Gasteiger partial charge >= 0.3 is 6.18 Å². The molecule has 1 amide bonds. The summed E-state index contributed by atoms with van der Waals surface area (Å²) in [5.74, 6) is -0.139. The van der Waals surface area contributed by atoms with Gasteiger partial charge in [0.2, 0.25) is 5.95 Å². The monoisotopic (exact) mass is 432 g/mol. The van der Waals surface area contributed by atoms with Gasteiger partial charge in [0.05, 0.1) is 16.6 Å². The second kappa shape index (κ2) is 8.22. The number of nitrogens with one attached hydrogen (secondary N) is 1. The fourth-order valence-corrected chi connectivity index (χ4v) is 4.17. The number of anilines is 2. The van der Waals surface area contributed by atoms with Crippen molar-refractivity contribution in [2.45, 2.75) is 37.9 Å². The Balaban J connectivity index is 1.68. The Kier molecular flexibility index (Phi) is 5.62. The number of nitrogen functional groups attached to an aromatic ring is 1. The maximum absolute atomic E-state index is 13.0. The van der Waals surface area contributed by atoms with Crippen LogP contribution >= 0.6 is 0 Å². The lowest BCUT2D eigenvalue weighted by molar-refractivity contribution is -0.137. The average Bonchev–Trinajstić information content (AvgIpc) is 3.10. The number of halogens is 3. The molecular weight excluding hydrogens is 409 g/mol. The molecule has 4 rings (SSSR count). The Morgan fingerprint density at radius 2 is 1.90 bits per heavy atom. The molecule has 164 valence electrons. The number of carbonyl (C=O) groups is 1. The maximum Gasteiger partial charge on any atom is 0.416 e. The van der Waals surface area contributed by atoms with Crippen molar-refractivity contribution in [2.75, 3.05) is 17.7 Å². The third-order valence-corrected chi connectivity index (χ3v) is 5.83. The number of nitrogens with two attached hydrogens (primary N) is 1. The molecule has 0 unspecified atom stereocenters. The van der Waals surface area contributed by atoms with Crippen LogP contribution in [0.2, 0.25) is 0 Å². The van der Waals surface area contributed by atoms with Gasteiger partial charge in [-0.15, -0.1) is 0 Å². The van der Waals surface area contributed by atoms with Crippen molar-refractivity contribution in [3.63, 3.8) is 0 Å². The van der Waals surface area contributed by atoms with Crippen LogP contribution in [-0.4, -0.2) is 27.2 Å². The zero-order valence-corrected chi connectivity index (χ0v) is 16.7. The molecule has 9 heteroatoms. The first kappa shape index (κ1) is 21.2. The molecule has 0 bridgehead atoms. The van der Waals surface area contributed by atoms with Crippen molar-refractivity contribution in [3.8, 4) is 0 Å². The van der Waals surface area contributed by atoms with Gasteiger partial charge in [0.1, 0.15) is 0 Å². The fourth-order valence-electron chi connectivity index (χ4n) is 4.17. The number of alkyl halides is 3. The number of carbonyl (C=O) groups excluding carboxylic acids is 1. The molecule has 1 heterocycles. The van der Waals surface area contributed by atoms with Crippen LogP contribution in [0.1, 0.15) is 47.6 Å². The SMILES string of the molecule is Nc1ccc2c(c1)nc(NC(=O)c1cccc(C(F)(F)F)c1)n2[C@H]1CC[C@@H](CO)CC1. The standard InChI is InChI=1S/C22H23F3N4O2/c23-22(24,25)15-3-1-2-14(10-15)20(31)28-21-27-18-11-16(26)6-9-19(18)29(21)17-7-4-13(12-30)5-8-17/h1-3,6,9-11,13,17,30H,4-5,7-8,12,26H2,(H,27,28,31)/t13-,17+. The largest absolute Gasteiger partial charge is 0.416 e. The highest BCUT2D eigenvalue weighted by Crippen LogP contribution is 2.37. The van der Waals surface area contributed by atoms with Gasteiger partial charge < -0.3 is 15.4 Å². The topological polar surface area (TPSA) is 93.2 Å². The van der Waals surface area contributed by atoms with Crippen LogP contribution in [0.3, 0.4) is 0 Å². The smallest absolute Gasteiger partial charge is 0.399 e. The van der Waals surface area contributed by atoms with E-state index in [-0.39, 0.29) is 30.1 Å². The van der Waals surface area contributed by atoms with Crippen molar-refractivity contribution >= 4 is 28.6 Å². The van der Waals surface area contributed by atoms with Gasteiger partial charge in [-0.25, -0.2) is 4.98 Å². The summed E-state index contributed by atoms with van der Waals surface area (Å²) >= 11 is 0. The predicted octanol–water partition coefficient (Wildman–Crippen LogP) is 4.61. The third kappa shape index (κ3) is 4.36. The van der Waals surface area contributed by atoms with Gasteiger partial charge in [0.15, 0.2) is 0 Å². The average molecular weight is 432 g/mol. The molecular formula is C22H23F3N4O2. The fraction of sp³-hybridized carbons (Fsp3) is 0.364. The lowest BCUT2D eigenvalue weighted by Crippen LogP contribution is -2.23. The molecule has 1 fully saturated rings. The molecule has 0 radical (unpaired) electrons. The number of nitrogens with zero attached hydrogens (tertiary/aromatic N) is 2. The van der Waals surface area contributed by atoms with E-state index in [1.54, 1.807) is 12.1 Å². The number of amides is 1.